The number of carbonyl (C=O) groups is 2. The predicted octanol–water partition coefficient (Wildman–Crippen LogP) is 4.60. The second-order valence-corrected chi connectivity index (χ2v) is 9.45. The molecule has 2 heterocycles. The summed E-state index contributed by atoms with van der Waals surface area (Å²) in [7, 11) is 0. The number of anilines is 2. The zero-order chi connectivity index (χ0) is 24.3. The van der Waals surface area contributed by atoms with Crippen LogP contribution in [0, 0.1) is 13.8 Å². The summed E-state index contributed by atoms with van der Waals surface area (Å²) in [5, 5.41) is 14.2. The van der Waals surface area contributed by atoms with Gasteiger partial charge in [0.25, 0.3) is 0 Å². The molecule has 0 radical (unpaired) electrons. The van der Waals surface area contributed by atoms with Crippen LogP contribution in [0.15, 0.2) is 28.8 Å². The van der Waals surface area contributed by atoms with Gasteiger partial charge in [0.1, 0.15) is 6.04 Å². The monoisotopic (exact) mass is 472 g/mol. The number of aryl methyl sites for hydroxylation is 3. The van der Waals surface area contributed by atoms with E-state index in [1.165, 1.54) is 0 Å². The third-order valence-electron chi connectivity index (χ3n) is 5.01. The number of aromatic nitrogens is 4. The van der Waals surface area contributed by atoms with Gasteiger partial charge >= 0.3 is 0 Å². The van der Waals surface area contributed by atoms with Crippen molar-refractivity contribution in [3.63, 3.8) is 0 Å². The second kappa shape index (κ2) is 9.74. The fraction of sp³-hybridized carbons (Fsp3) is 0.435. The lowest BCUT2D eigenvalue weighted by atomic mass is 9.96. The molecule has 3 rings (SSSR count). The molecule has 0 aliphatic carbocycles. The van der Waals surface area contributed by atoms with E-state index in [1.54, 1.807) is 29.8 Å². The fourth-order valence-electron chi connectivity index (χ4n) is 3.19. The van der Waals surface area contributed by atoms with Gasteiger partial charge in [-0.05, 0) is 45.0 Å². The lowest BCUT2D eigenvalue weighted by Crippen LogP contribution is -2.25. The van der Waals surface area contributed by atoms with Crippen LogP contribution in [0.1, 0.15) is 63.3 Å². The summed E-state index contributed by atoms with van der Waals surface area (Å²) in [6.07, 6.45) is 0.517. The normalized spacial score (nSPS) is 12.5. The highest BCUT2D eigenvalue weighted by Gasteiger charge is 2.21. The van der Waals surface area contributed by atoms with Crippen LogP contribution >= 0.6 is 11.6 Å². The Labute approximate surface area is 197 Å². The molecule has 0 saturated carbocycles. The maximum atomic E-state index is 12.7. The SMILES string of the molecule is Cc1cc(C)n(C(C)C(=O)Nc2ccc(NC(=O)CCc3nc(C(C)(C)C)no3)cc2Cl)n1. The molecule has 33 heavy (non-hydrogen) atoms. The molecule has 176 valence electrons. The van der Waals surface area contributed by atoms with Gasteiger partial charge in [-0.1, -0.05) is 37.5 Å². The van der Waals surface area contributed by atoms with Crippen molar-refractivity contribution in [3.8, 4) is 0 Å². The molecule has 1 aromatic carbocycles. The molecule has 0 fully saturated rings. The summed E-state index contributed by atoms with van der Waals surface area (Å²) in [6.45, 7) is 11.5. The van der Waals surface area contributed by atoms with Crippen LogP contribution in [0.2, 0.25) is 5.02 Å². The summed E-state index contributed by atoms with van der Waals surface area (Å²) in [4.78, 5) is 29.3. The molecular formula is C23H29ClN6O3. The van der Waals surface area contributed by atoms with Crippen LogP contribution in [0.3, 0.4) is 0 Å². The second-order valence-electron chi connectivity index (χ2n) is 9.04. The number of halogens is 1. The molecule has 0 spiro atoms. The first-order valence-corrected chi connectivity index (χ1v) is 11.1. The van der Waals surface area contributed by atoms with Gasteiger partial charge in [-0.25, -0.2) is 0 Å². The van der Waals surface area contributed by atoms with Crippen molar-refractivity contribution in [1.82, 2.24) is 19.9 Å². The van der Waals surface area contributed by atoms with E-state index >= 15 is 0 Å². The highest BCUT2D eigenvalue weighted by molar-refractivity contribution is 6.34. The van der Waals surface area contributed by atoms with Crippen molar-refractivity contribution >= 4 is 34.8 Å². The molecule has 3 aromatic rings. The Morgan fingerprint density at radius 3 is 2.48 bits per heavy atom. The molecular weight excluding hydrogens is 444 g/mol. The summed E-state index contributed by atoms with van der Waals surface area (Å²) in [5.74, 6) is 0.572. The molecule has 0 aliphatic heterocycles. The molecule has 1 unspecified atom stereocenters. The van der Waals surface area contributed by atoms with Gasteiger partial charge in [0.15, 0.2) is 5.82 Å². The van der Waals surface area contributed by atoms with Crippen molar-refractivity contribution in [3.05, 3.63) is 52.4 Å². The molecule has 2 N–H and O–H groups in total. The van der Waals surface area contributed by atoms with E-state index < -0.39 is 6.04 Å². The Bertz CT molecular complexity index is 1160. The van der Waals surface area contributed by atoms with Crippen molar-refractivity contribution in [1.29, 1.82) is 0 Å². The van der Waals surface area contributed by atoms with E-state index in [-0.39, 0.29) is 23.7 Å². The van der Waals surface area contributed by atoms with E-state index in [0.29, 0.717) is 34.5 Å². The molecule has 9 nitrogen and oxygen atoms in total. The number of hydrogen-bond donors (Lipinski definition) is 2. The topological polar surface area (TPSA) is 115 Å². The number of nitrogens with one attached hydrogen (secondary N) is 2. The molecule has 0 saturated heterocycles. The smallest absolute Gasteiger partial charge is 0.248 e. The standard InChI is InChI=1S/C23H29ClN6O3/c1-13-11-14(2)30(28-13)15(3)21(32)26-18-8-7-16(12-17(18)24)25-19(31)9-10-20-27-22(29-33-20)23(4,5)6/h7-8,11-12,15H,9-10H2,1-6H3,(H,25,31)(H,26,32). The van der Waals surface area contributed by atoms with Crippen molar-refractivity contribution in [2.45, 2.75) is 65.8 Å². The Morgan fingerprint density at radius 1 is 1.18 bits per heavy atom. The molecule has 2 amide bonds. The van der Waals surface area contributed by atoms with Gasteiger partial charge in [0.05, 0.1) is 16.4 Å². The van der Waals surface area contributed by atoms with Crippen molar-refractivity contribution < 1.29 is 14.1 Å². The quantitative estimate of drug-likeness (QED) is 0.519. The van der Waals surface area contributed by atoms with Crippen LogP contribution in [-0.2, 0) is 21.4 Å². The van der Waals surface area contributed by atoms with E-state index in [4.69, 9.17) is 16.1 Å². The lowest BCUT2D eigenvalue weighted by molar-refractivity contribution is -0.119. The minimum absolute atomic E-state index is 0.183. The zero-order valence-corrected chi connectivity index (χ0v) is 20.4. The van der Waals surface area contributed by atoms with Gasteiger partial charge in [0.2, 0.25) is 17.7 Å². The highest BCUT2D eigenvalue weighted by Crippen LogP contribution is 2.27. The molecule has 10 heteroatoms. The number of benzene rings is 1. The average Bonchev–Trinajstić information content (AvgIpc) is 3.34. The zero-order valence-electron chi connectivity index (χ0n) is 19.7. The van der Waals surface area contributed by atoms with E-state index in [0.717, 1.165) is 11.4 Å². The van der Waals surface area contributed by atoms with Crippen molar-refractivity contribution in [2.24, 2.45) is 0 Å². The van der Waals surface area contributed by atoms with Gasteiger partial charge in [0, 0.05) is 29.6 Å². The van der Waals surface area contributed by atoms with E-state index in [9.17, 15) is 9.59 Å². The van der Waals surface area contributed by atoms with Crippen LogP contribution in [-0.4, -0.2) is 31.7 Å². The summed E-state index contributed by atoms with van der Waals surface area (Å²) >= 11 is 6.34. The summed E-state index contributed by atoms with van der Waals surface area (Å²) in [6, 6.07) is 6.33. The third-order valence-corrected chi connectivity index (χ3v) is 5.32. The van der Waals surface area contributed by atoms with Crippen LogP contribution in [0.25, 0.3) is 0 Å². The fourth-order valence-corrected chi connectivity index (χ4v) is 3.41. The average molecular weight is 473 g/mol. The van der Waals surface area contributed by atoms with E-state index in [1.807, 2.05) is 40.7 Å². The number of hydrogen-bond acceptors (Lipinski definition) is 6. The number of nitrogens with zero attached hydrogens (tertiary/aromatic N) is 4. The molecule has 0 bridgehead atoms. The molecule has 0 aliphatic rings. The number of amides is 2. The predicted molar refractivity (Wildman–Crippen MR) is 126 cm³/mol. The maximum Gasteiger partial charge on any atom is 0.248 e. The first-order chi connectivity index (χ1) is 15.4. The minimum atomic E-state index is -0.502. The third kappa shape index (κ3) is 6.19. The summed E-state index contributed by atoms with van der Waals surface area (Å²) < 4.78 is 6.88. The van der Waals surface area contributed by atoms with Crippen molar-refractivity contribution in [2.75, 3.05) is 10.6 Å². The molecule has 1 atom stereocenters. The Kier molecular flexibility index (Phi) is 7.22. The van der Waals surface area contributed by atoms with Gasteiger partial charge < -0.3 is 15.2 Å². The first kappa shape index (κ1) is 24.4. The Balaban J connectivity index is 1.56. The maximum absolute atomic E-state index is 12.7. The lowest BCUT2D eigenvalue weighted by Gasteiger charge is -2.16. The number of carbonyl (C=O) groups excluding carboxylic acids is 2. The van der Waals surface area contributed by atoms with Gasteiger partial charge in [-0.2, -0.15) is 10.1 Å². The first-order valence-electron chi connectivity index (χ1n) is 10.7. The van der Waals surface area contributed by atoms with Crippen LogP contribution in [0.5, 0.6) is 0 Å². The highest BCUT2D eigenvalue weighted by atomic mass is 35.5. The Hall–Kier alpha value is -3.20. The largest absolute Gasteiger partial charge is 0.339 e. The minimum Gasteiger partial charge on any atom is -0.339 e. The van der Waals surface area contributed by atoms with E-state index in [2.05, 4.69) is 25.9 Å². The Morgan fingerprint density at radius 2 is 1.91 bits per heavy atom. The summed E-state index contributed by atoms with van der Waals surface area (Å²) in [5.41, 5.74) is 2.50. The van der Waals surface area contributed by atoms with Gasteiger partial charge in [-0.3, -0.25) is 14.3 Å². The van der Waals surface area contributed by atoms with Crippen LogP contribution < -0.4 is 10.6 Å². The molecule has 2 aromatic heterocycles. The number of rotatable bonds is 7. The van der Waals surface area contributed by atoms with Crippen LogP contribution in [0.4, 0.5) is 11.4 Å². The van der Waals surface area contributed by atoms with Gasteiger partial charge in [-0.15, -0.1) is 0 Å².